The summed E-state index contributed by atoms with van der Waals surface area (Å²) in [5.41, 5.74) is 3.59. The lowest BCUT2D eigenvalue weighted by atomic mass is 10.00. The van der Waals surface area contributed by atoms with Crippen LogP contribution in [0.5, 0.6) is 11.5 Å². The van der Waals surface area contributed by atoms with E-state index in [0.717, 1.165) is 26.0 Å². The molecule has 2 nitrogen and oxygen atoms in total. The second kappa shape index (κ2) is 6.31. The number of fused-ring (bicyclic) bond motifs is 1. The molecule has 0 amide bonds. The molecular formula is C16H13Br3O2. The Kier molecular flexibility index (Phi) is 4.62. The topological polar surface area (TPSA) is 18.5 Å². The molecule has 2 aromatic carbocycles. The minimum Gasteiger partial charge on any atom is -0.486 e. The first-order valence-electron chi connectivity index (χ1n) is 6.55. The van der Waals surface area contributed by atoms with Crippen molar-refractivity contribution < 1.29 is 9.47 Å². The first-order valence-corrected chi connectivity index (χ1v) is 9.05. The molecule has 1 unspecified atom stereocenters. The van der Waals surface area contributed by atoms with E-state index in [0.29, 0.717) is 13.2 Å². The molecule has 0 N–H and O–H groups in total. The summed E-state index contributed by atoms with van der Waals surface area (Å²) in [6.07, 6.45) is 0. The summed E-state index contributed by atoms with van der Waals surface area (Å²) >= 11 is 10.9. The van der Waals surface area contributed by atoms with Crippen LogP contribution in [0, 0.1) is 6.92 Å². The molecule has 5 heteroatoms. The van der Waals surface area contributed by atoms with Crippen LogP contribution in [0.4, 0.5) is 0 Å². The second-order valence-corrected chi connectivity index (χ2v) is 7.57. The molecule has 0 bridgehead atoms. The van der Waals surface area contributed by atoms with Crippen molar-refractivity contribution in [2.45, 2.75) is 11.8 Å². The number of ether oxygens (including phenoxy) is 2. The molecule has 0 aromatic heterocycles. The normalized spacial score (nSPS) is 14.9. The monoisotopic (exact) mass is 474 g/mol. The molecule has 0 fully saturated rings. The highest BCUT2D eigenvalue weighted by Crippen LogP contribution is 2.43. The number of hydrogen-bond acceptors (Lipinski definition) is 2. The molecule has 1 atom stereocenters. The fourth-order valence-electron chi connectivity index (χ4n) is 2.36. The van der Waals surface area contributed by atoms with Crippen LogP contribution in [0.15, 0.2) is 39.3 Å². The molecule has 2 aromatic rings. The van der Waals surface area contributed by atoms with Gasteiger partial charge in [-0.25, -0.2) is 0 Å². The standard InChI is InChI=1S/C16H13Br3O2/c1-9-6-10(17)2-3-11(9)16(19)12-7-14-15(8-13(12)18)21-5-4-20-14/h2-3,6-8,16H,4-5H2,1H3. The van der Waals surface area contributed by atoms with Crippen molar-refractivity contribution in [2.24, 2.45) is 0 Å². The maximum atomic E-state index is 5.68. The minimum absolute atomic E-state index is 0.0933. The van der Waals surface area contributed by atoms with Gasteiger partial charge in [0.1, 0.15) is 13.2 Å². The number of hydrogen-bond donors (Lipinski definition) is 0. The molecule has 0 aliphatic carbocycles. The molecule has 1 aliphatic heterocycles. The van der Waals surface area contributed by atoms with Gasteiger partial charge in [0.2, 0.25) is 0 Å². The SMILES string of the molecule is Cc1cc(Br)ccc1C(Br)c1cc2c(cc1Br)OCCO2. The average Bonchev–Trinajstić information content (AvgIpc) is 2.46. The molecule has 3 rings (SSSR count). The van der Waals surface area contributed by atoms with Crippen LogP contribution in [-0.4, -0.2) is 13.2 Å². The summed E-state index contributed by atoms with van der Waals surface area (Å²) in [4.78, 5) is 0.0933. The van der Waals surface area contributed by atoms with Crippen LogP contribution in [-0.2, 0) is 0 Å². The minimum atomic E-state index is 0.0933. The Morgan fingerprint density at radius 1 is 0.952 bits per heavy atom. The largest absolute Gasteiger partial charge is 0.486 e. The van der Waals surface area contributed by atoms with Crippen LogP contribution in [0.1, 0.15) is 21.5 Å². The molecule has 0 radical (unpaired) electrons. The predicted octanol–water partition coefficient (Wildman–Crippen LogP) is 5.78. The second-order valence-electron chi connectivity index (χ2n) is 4.88. The van der Waals surface area contributed by atoms with E-state index in [1.54, 1.807) is 0 Å². The maximum Gasteiger partial charge on any atom is 0.162 e. The Bertz CT molecular complexity index is 685. The Hall–Kier alpha value is -0.520. The fraction of sp³-hybridized carbons (Fsp3) is 0.250. The lowest BCUT2D eigenvalue weighted by Crippen LogP contribution is -2.15. The van der Waals surface area contributed by atoms with Crippen LogP contribution in [0.2, 0.25) is 0 Å². The smallest absolute Gasteiger partial charge is 0.162 e. The van der Waals surface area contributed by atoms with E-state index in [2.05, 4.69) is 72.9 Å². The third-order valence-corrected chi connectivity index (χ3v) is 5.61. The molecule has 1 aliphatic rings. The zero-order valence-corrected chi connectivity index (χ0v) is 16.1. The van der Waals surface area contributed by atoms with Gasteiger partial charge in [0.15, 0.2) is 11.5 Å². The van der Waals surface area contributed by atoms with E-state index in [1.165, 1.54) is 11.1 Å². The number of alkyl halides is 1. The predicted molar refractivity (Wildman–Crippen MR) is 94.8 cm³/mol. The van der Waals surface area contributed by atoms with Gasteiger partial charge in [-0.3, -0.25) is 0 Å². The summed E-state index contributed by atoms with van der Waals surface area (Å²) in [6, 6.07) is 10.3. The molecule has 0 saturated carbocycles. The van der Waals surface area contributed by atoms with Crippen molar-refractivity contribution in [3.8, 4) is 11.5 Å². The summed E-state index contributed by atoms with van der Waals surface area (Å²) in [6.45, 7) is 3.31. The van der Waals surface area contributed by atoms with Crippen molar-refractivity contribution in [3.05, 3.63) is 56.0 Å². The molecule has 1 heterocycles. The van der Waals surface area contributed by atoms with Gasteiger partial charge < -0.3 is 9.47 Å². The number of aryl methyl sites for hydroxylation is 1. The van der Waals surface area contributed by atoms with E-state index in [9.17, 15) is 0 Å². The Labute approximate surface area is 149 Å². The summed E-state index contributed by atoms with van der Waals surface area (Å²) < 4.78 is 13.4. The van der Waals surface area contributed by atoms with E-state index >= 15 is 0 Å². The van der Waals surface area contributed by atoms with Crippen LogP contribution < -0.4 is 9.47 Å². The summed E-state index contributed by atoms with van der Waals surface area (Å²) in [7, 11) is 0. The van der Waals surface area contributed by atoms with Crippen LogP contribution in [0.3, 0.4) is 0 Å². The van der Waals surface area contributed by atoms with Gasteiger partial charge in [-0.15, -0.1) is 0 Å². The van der Waals surface area contributed by atoms with Crippen molar-refractivity contribution in [3.63, 3.8) is 0 Å². The number of rotatable bonds is 2. The lowest BCUT2D eigenvalue weighted by molar-refractivity contribution is 0.171. The third kappa shape index (κ3) is 3.15. The lowest BCUT2D eigenvalue weighted by Gasteiger charge is -2.22. The highest BCUT2D eigenvalue weighted by Gasteiger charge is 2.21. The highest BCUT2D eigenvalue weighted by molar-refractivity contribution is 9.11. The quantitative estimate of drug-likeness (QED) is 0.512. The average molecular weight is 477 g/mol. The van der Waals surface area contributed by atoms with Crippen molar-refractivity contribution in [1.82, 2.24) is 0 Å². The van der Waals surface area contributed by atoms with Crippen molar-refractivity contribution >= 4 is 47.8 Å². The van der Waals surface area contributed by atoms with E-state index in [-0.39, 0.29) is 4.83 Å². The van der Waals surface area contributed by atoms with Gasteiger partial charge in [-0.1, -0.05) is 53.9 Å². The zero-order chi connectivity index (χ0) is 15.0. The van der Waals surface area contributed by atoms with E-state index < -0.39 is 0 Å². The van der Waals surface area contributed by atoms with E-state index in [4.69, 9.17) is 9.47 Å². The zero-order valence-electron chi connectivity index (χ0n) is 11.3. The fourth-order valence-corrected chi connectivity index (χ4v) is 4.59. The van der Waals surface area contributed by atoms with Crippen LogP contribution in [0.25, 0.3) is 0 Å². The number of benzene rings is 2. The van der Waals surface area contributed by atoms with Gasteiger partial charge in [-0.05, 0) is 47.9 Å². The highest BCUT2D eigenvalue weighted by atomic mass is 79.9. The molecular weight excluding hydrogens is 464 g/mol. The van der Waals surface area contributed by atoms with Gasteiger partial charge in [0, 0.05) is 8.95 Å². The number of halogens is 3. The van der Waals surface area contributed by atoms with Crippen molar-refractivity contribution in [2.75, 3.05) is 13.2 Å². The van der Waals surface area contributed by atoms with Gasteiger partial charge in [-0.2, -0.15) is 0 Å². The Morgan fingerprint density at radius 2 is 1.62 bits per heavy atom. The first kappa shape index (κ1) is 15.4. The molecule has 0 saturated heterocycles. The third-order valence-electron chi connectivity index (χ3n) is 3.44. The summed E-state index contributed by atoms with van der Waals surface area (Å²) in [5.74, 6) is 1.60. The summed E-state index contributed by atoms with van der Waals surface area (Å²) in [5, 5.41) is 0. The molecule has 110 valence electrons. The van der Waals surface area contributed by atoms with Gasteiger partial charge in [0.05, 0.1) is 4.83 Å². The Morgan fingerprint density at radius 3 is 2.29 bits per heavy atom. The maximum absolute atomic E-state index is 5.68. The van der Waals surface area contributed by atoms with E-state index in [1.807, 2.05) is 12.1 Å². The molecule has 0 spiro atoms. The van der Waals surface area contributed by atoms with Gasteiger partial charge in [0.25, 0.3) is 0 Å². The molecule has 21 heavy (non-hydrogen) atoms. The van der Waals surface area contributed by atoms with Gasteiger partial charge >= 0.3 is 0 Å². The Balaban J connectivity index is 2.03. The van der Waals surface area contributed by atoms with Crippen LogP contribution >= 0.6 is 47.8 Å². The first-order chi connectivity index (χ1) is 10.1. The van der Waals surface area contributed by atoms with Crippen molar-refractivity contribution in [1.29, 1.82) is 0 Å².